The van der Waals surface area contributed by atoms with E-state index in [4.69, 9.17) is 14.9 Å². The third-order valence-electron chi connectivity index (χ3n) is 5.56. The molecule has 0 atom stereocenters. The van der Waals surface area contributed by atoms with Gasteiger partial charge in [0.1, 0.15) is 11.7 Å². The van der Waals surface area contributed by atoms with Gasteiger partial charge in [-0.15, -0.1) is 0 Å². The van der Waals surface area contributed by atoms with Gasteiger partial charge in [-0.3, -0.25) is 10.2 Å². The highest BCUT2D eigenvalue weighted by molar-refractivity contribution is 8.26. The van der Waals surface area contributed by atoms with Gasteiger partial charge in [-0.2, -0.15) is 15.1 Å². The Morgan fingerprint density at radius 1 is 1.09 bits per heavy atom. The molecule has 34 heavy (non-hydrogen) atoms. The van der Waals surface area contributed by atoms with Crippen molar-refractivity contribution in [3.05, 3.63) is 77.4 Å². The molecule has 5 rings (SSSR count). The Bertz CT molecular complexity index is 1400. The number of nitrogens with one attached hydrogen (secondary N) is 1. The average Bonchev–Trinajstić information content (AvgIpc) is 3.29. The number of ether oxygens (including phenoxy) is 2. The number of aliphatic imine (C=N–C) groups is 1. The summed E-state index contributed by atoms with van der Waals surface area (Å²) in [4.78, 5) is 16.7. The second kappa shape index (κ2) is 9.15. The number of carbonyl (C=O) groups excluding carboxylic acids is 1. The number of amidine groups is 2. The molecule has 1 N–H and O–H groups in total. The molecule has 0 aliphatic carbocycles. The molecule has 0 saturated heterocycles. The number of nitrogens with zero attached hydrogens (tertiary/aromatic N) is 3. The van der Waals surface area contributed by atoms with Gasteiger partial charge in [0.05, 0.1) is 12.7 Å². The molecule has 1 amide bonds. The van der Waals surface area contributed by atoms with E-state index >= 15 is 0 Å². The van der Waals surface area contributed by atoms with Crippen LogP contribution in [0, 0.1) is 5.41 Å². The first-order valence-electron chi connectivity index (χ1n) is 10.8. The van der Waals surface area contributed by atoms with Crippen LogP contribution in [-0.2, 0) is 11.4 Å². The van der Waals surface area contributed by atoms with Gasteiger partial charge >= 0.3 is 0 Å². The molecule has 0 unspecified atom stereocenters. The number of benzene rings is 3. The summed E-state index contributed by atoms with van der Waals surface area (Å²) in [6, 6.07) is 19.7. The molecule has 0 spiro atoms. The SMILES string of the molecule is CCC1=NN2C(=N)C(=Cc3ccc(OCc4cccc5ccccc45)c(OC)c3)C(=O)N=C2S1. The molecular weight excluding hydrogens is 448 g/mol. The molecule has 0 saturated carbocycles. The number of methoxy groups -OCH3 is 1. The second-order valence-corrected chi connectivity index (χ2v) is 8.75. The van der Waals surface area contributed by atoms with Crippen molar-refractivity contribution in [3.63, 3.8) is 0 Å². The summed E-state index contributed by atoms with van der Waals surface area (Å²) in [7, 11) is 1.57. The van der Waals surface area contributed by atoms with Gasteiger partial charge in [0.25, 0.3) is 5.91 Å². The van der Waals surface area contributed by atoms with Gasteiger partial charge in [-0.25, -0.2) is 0 Å². The summed E-state index contributed by atoms with van der Waals surface area (Å²) in [6.07, 6.45) is 2.35. The number of hydrogen-bond acceptors (Lipinski definition) is 6. The fourth-order valence-corrected chi connectivity index (χ4v) is 4.63. The molecule has 0 aromatic heterocycles. The number of amides is 1. The lowest BCUT2D eigenvalue weighted by Crippen LogP contribution is -2.35. The van der Waals surface area contributed by atoms with Crippen LogP contribution in [0.5, 0.6) is 11.5 Å². The van der Waals surface area contributed by atoms with Gasteiger partial charge in [-0.1, -0.05) is 55.5 Å². The average molecular weight is 471 g/mol. The number of hydrogen-bond donors (Lipinski definition) is 1. The van der Waals surface area contributed by atoms with Crippen LogP contribution >= 0.6 is 11.8 Å². The van der Waals surface area contributed by atoms with Crippen molar-refractivity contribution in [3.8, 4) is 11.5 Å². The highest BCUT2D eigenvalue weighted by Gasteiger charge is 2.35. The third kappa shape index (κ3) is 4.08. The molecule has 170 valence electrons. The molecule has 0 bridgehead atoms. The molecule has 7 nitrogen and oxygen atoms in total. The van der Waals surface area contributed by atoms with E-state index < -0.39 is 5.91 Å². The zero-order chi connectivity index (χ0) is 23.7. The van der Waals surface area contributed by atoms with Gasteiger partial charge in [0.15, 0.2) is 17.3 Å². The van der Waals surface area contributed by atoms with E-state index in [1.54, 1.807) is 25.3 Å². The maximum Gasteiger partial charge on any atom is 0.283 e. The molecule has 8 heteroatoms. The van der Waals surface area contributed by atoms with Crippen LogP contribution < -0.4 is 9.47 Å². The minimum Gasteiger partial charge on any atom is -0.493 e. The maximum atomic E-state index is 12.6. The summed E-state index contributed by atoms with van der Waals surface area (Å²) in [6.45, 7) is 2.37. The lowest BCUT2D eigenvalue weighted by atomic mass is 10.1. The Labute approximate surface area is 201 Å². The first-order chi connectivity index (χ1) is 16.6. The normalized spacial score (nSPS) is 16.5. The van der Waals surface area contributed by atoms with E-state index in [1.807, 2.05) is 37.3 Å². The second-order valence-electron chi connectivity index (χ2n) is 7.70. The van der Waals surface area contributed by atoms with Crippen LogP contribution in [0.3, 0.4) is 0 Å². The van der Waals surface area contributed by atoms with E-state index in [1.165, 1.54) is 16.8 Å². The highest BCUT2D eigenvalue weighted by atomic mass is 32.2. The van der Waals surface area contributed by atoms with Gasteiger partial charge in [0, 0.05) is 0 Å². The zero-order valence-corrected chi connectivity index (χ0v) is 19.6. The van der Waals surface area contributed by atoms with Crippen LogP contribution in [-0.4, -0.2) is 34.1 Å². The largest absolute Gasteiger partial charge is 0.493 e. The van der Waals surface area contributed by atoms with Crippen molar-refractivity contribution in [1.29, 1.82) is 5.41 Å². The molecule has 2 heterocycles. The third-order valence-corrected chi connectivity index (χ3v) is 6.61. The van der Waals surface area contributed by atoms with Crippen LogP contribution in [0.25, 0.3) is 16.8 Å². The van der Waals surface area contributed by atoms with Gasteiger partial charge in [-0.05, 0) is 58.3 Å². The van der Waals surface area contributed by atoms with Crippen molar-refractivity contribution >= 4 is 50.6 Å². The lowest BCUT2D eigenvalue weighted by Gasteiger charge is -2.20. The minimum absolute atomic E-state index is 0.0150. The number of thioether (sulfide) groups is 1. The fourth-order valence-electron chi connectivity index (χ4n) is 3.81. The van der Waals surface area contributed by atoms with Crippen LogP contribution in [0.15, 0.2) is 76.3 Å². The Hall–Kier alpha value is -3.91. The van der Waals surface area contributed by atoms with E-state index in [0.717, 1.165) is 27.8 Å². The Morgan fingerprint density at radius 2 is 1.91 bits per heavy atom. The van der Waals surface area contributed by atoms with Crippen molar-refractivity contribution < 1.29 is 14.3 Å². The molecule has 2 aliphatic rings. The molecule has 0 radical (unpaired) electrons. The standard InChI is InChI=1S/C26H22N4O3S/c1-3-23-29-30-24(27)20(25(31)28-26(30)34-23)13-16-11-12-21(22(14-16)32-2)33-15-18-9-6-8-17-7-4-5-10-19(17)18/h4-14,27H,3,15H2,1-2H3. The fraction of sp³-hybridized carbons (Fsp3) is 0.154. The van der Waals surface area contributed by atoms with Crippen molar-refractivity contribution in [2.45, 2.75) is 20.0 Å². The van der Waals surface area contributed by atoms with Crippen LogP contribution in [0.1, 0.15) is 24.5 Å². The monoisotopic (exact) mass is 470 g/mol. The quantitative estimate of drug-likeness (QED) is 0.484. The van der Waals surface area contributed by atoms with Gasteiger partial charge in [0.2, 0.25) is 5.17 Å². The van der Waals surface area contributed by atoms with Crippen LogP contribution in [0.2, 0.25) is 0 Å². The summed E-state index contributed by atoms with van der Waals surface area (Å²) < 4.78 is 11.6. The Kier molecular flexibility index (Phi) is 5.90. The van der Waals surface area contributed by atoms with Crippen molar-refractivity contribution in [2.24, 2.45) is 10.1 Å². The molecule has 3 aromatic rings. The summed E-state index contributed by atoms with van der Waals surface area (Å²) >= 11 is 1.32. The number of fused-ring (bicyclic) bond motifs is 2. The molecule has 0 fully saturated rings. The Morgan fingerprint density at radius 3 is 2.74 bits per heavy atom. The van der Waals surface area contributed by atoms with E-state index in [9.17, 15) is 4.79 Å². The summed E-state index contributed by atoms with van der Waals surface area (Å²) in [5, 5.41) is 17.8. The van der Waals surface area contributed by atoms with Gasteiger partial charge < -0.3 is 9.47 Å². The highest BCUT2D eigenvalue weighted by Crippen LogP contribution is 2.32. The molecular formula is C26H22N4O3S. The maximum absolute atomic E-state index is 12.6. The summed E-state index contributed by atoms with van der Waals surface area (Å²) in [5.41, 5.74) is 1.96. The number of carbonyl (C=O) groups is 1. The minimum atomic E-state index is -0.452. The van der Waals surface area contributed by atoms with Crippen molar-refractivity contribution in [1.82, 2.24) is 5.01 Å². The lowest BCUT2D eigenvalue weighted by molar-refractivity contribution is -0.114. The first-order valence-corrected chi connectivity index (χ1v) is 11.7. The van der Waals surface area contributed by atoms with E-state index in [2.05, 4.69) is 28.3 Å². The predicted octanol–water partition coefficient (Wildman–Crippen LogP) is 5.46. The molecule has 2 aliphatic heterocycles. The molecule has 3 aromatic carbocycles. The van der Waals surface area contributed by atoms with E-state index in [-0.39, 0.29) is 11.4 Å². The topological polar surface area (TPSA) is 87.3 Å². The smallest absolute Gasteiger partial charge is 0.283 e. The van der Waals surface area contributed by atoms with E-state index in [0.29, 0.717) is 28.8 Å². The predicted molar refractivity (Wildman–Crippen MR) is 137 cm³/mol. The number of hydrazone groups is 1. The zero-order valence-electron chi connectivity index (χ0n) is 18.7. The Balaban J connectivity index is 1.39. The summed E-state index contributed by atoms with van der Waals surface area (Å²) in [5.74, 6) is 0.695. The van der Waals surface area contributed by atoms with Crippen LogP contribution in [0.4, 0.5) is 0 Å². The van der Waals surface area contributed by atoms with Crippen molar-refractivity contribution in [2.75, 3.05) is 7.11 Å². The number of rotatable bonds is 6. The first kappa shape index (κ1) is 21.9.